The SMILES string of the molecule is c1ccc(C2Cc3nnc(-c4ccncc4)n3-c3ccccc3S2)cc1. The Bertz CT molecular complexity index is 1040. The van der Waals surface area contributed by atoms with E-state index in [2.05, 4.69) is 74.3 Å². The lowest BCUT2D eigenvalue weighted by atomic mass is 10.1. The van der Waals surface area contributed by atoms with Crippen LogP contribution in [0.15, 0.2) is 84.0 Å². The van der Waals surface area contributed by atoms with Crippen LogP contribution in [0.3, 0.4) is 0 Å². The molecule has 1 aliphatic rings. The quantitative estimate of drug-likeness (QED) is 0.521. The molecule has 3 heterocycles. The number of nitrogens with zero attached hydrogens (tertiary/aromatic N) is 4. The summed E-state index contributed by atoms with van der Waals surface area (Å²) in [5, 5.41) is 9.37. The van der Waals surface area contributed by atoms with Crippen molar-refractivity contribution in [2.24, 2.45) is 0 Å². The van der Waals surface area contributed by atoms with Gasteiger partial charge in [-0.2, -0.15) is 0 Å². The second kappa shape index (κ2) is 6.42. The molecule has 1 atom stereocenters. The molecule has 1 unspecified atom stereocenters. The van der Waals surface area contributed by atoms with Crippen molar-refractivity contribution in [3.63, 3.8) is 0 Å². The van der Waals surface area contributed by atoms with Gasteiger partial charge in [-0.1, -0.05) is 42.5 Å². The Morgan fingerprint density at radius 2 is 1.62 bits per heavy atom. The lowest BCUT2D eigenvalue weighted by Crippen LogP contribution is -2.04. The van der Waals surface area contributed by atoms with Gasteiger partial charge in [0.05, 0.1) is 5.69 Å². The summed E-state index contributed by atoms with van der Waals surface area (Å²) >= 11 is 1.90. The van der Waals surface area contributed by atoms with Crippen LogP contribution < -0.4 is 0 Å². The van der Waals surface area contributed by atoms with E-state index in [1.165, 1.54) is 10.5 Å². The van der Waals surface area contributed by atoms with Crippen LogP contribution in [0.1, 0.15) is 16.6 Å². The molecule has 0 aliphatic carbocycles. The van der Waals surface area contributed by atoms with Gasteiger partial charge in [-0.05, 0) is 29.8 Å². The molecular weight excluding hydrogens is 340 g/mol. The molecule has 0 fully saturated rings. The molecular formula is C21H16N4S. The van der Waals surface area contributed by atoms with Crippen molar-refractivity contribution in [2.45, 2.75) is 16.6 Å². The highest BCUT2D eigenvalue weighted by Gasteiger charge is 2.26. The number of hydrogen-bond donors (Lipinski definition) is 0. The van der Waals surface area contributed by atoms with E-state index in [0.29, 0.717) is 5.25 Å². The summed E-state index contributed by atoms with van der Waals surface area (Å²) in [7, 11) is 0. The van der Waals surface area contributed by atoms with E-state index >= 15 is 0 Å². The van der Waals surface area contributed by atoms with Crippen molar-refractivity contribution >= 4 is 11.8 Å². The van der Waals surface area contributed by atoms with Crippen molar-refractivity contribution in [2.75, 3.05) is 0 Å². The first-order chi connectivity index (χ1) is 12.9. The molecule has 4 aromatic rings. The van der Waals surface area contributed by atoms with E-state index in [0.717, 1.165) is 29.3 Å². The maximum absolute atomic E-state index is 4.55. The molecule has 4 nitrogen and oxygen atoms in total. The molecule has 5 heteroatoms. The fourth-order valence-electron chi connectivity index (χ4n) is 3.35. The maximum Gasteiger partial charge on any atom is 0.168 e. The van der Waals surface area contributed by atoms with Crippen LogP contribution in [0.4, 0.5) is 0 Å². The molecule has 0 radical (unpaired) electrons. The summed E-state index contributed by atoms with van der Waals surface area (Å²) < 4.78 is 2.20. The number of aromatic nitrogens is 4. The zero-order chi connectivity index (χ0) is 17.3. The first-order valence-electron chi connectivity index (χ1n) is 8.56. The van der Waals surface area contributed by atoms with Crippen molar-refractivity contribution in [3.8, 4) is 17.1 Å². The van der Waals surface area contributed by atoms with Crippen LogP contribution in [-0.4, -0.2) is 19.7 Å². The van der Waals surface area contributed by atoms with Gasteiger partial charge in [0.2, 0.25) is 0 Å². The van der Waals surface area contributed by atoms with Crippen LogP contribution in [0.25, 0.3) is 17.1 Å². The Kier molecular flexibility index (Phi) is 3.79. The summed E-state index contributed by atoms with van der Waals surface area (Å²) in [6, 6.07) is 23.1. The molecule has 0 saturated carbocycles. The Labute approximate surface area is 155 Å². The highest BCUT2D eigenvalue weighted by atomic mass is 32.2. The van der Waals surface area contributed by atoms with Gasteiger partial charge in [-0.15, -0.1) is 22.0 Å². The lowest BCUT2D eigenvalue weighted by Gasteiger charge is -2.14. The van der Waals surface area contributed by atoms with Crippen molar-refractivity contribution in [3.05, 3.63) is 90.5 Å². The molecule has 0 saturated heterocycles. The van der Waals surface area contributed by atoms with Crippen molar-refractivity contribution in [1.29, 1.82) is 0 Å². The fraction of sp³-hybridized carbons (Fsp3) is 0.0952. The van der Waals surface area contributed by atoms with Gasteiger partial charge in [0, 0.05) is 34.5 Å². The predicted molar refractivity (Wildman–Crippen MR) is 103 cm³/mol. The Balaban J connectivity index is 1.70. The fourth-order valence-corrected chi connectivity index (χ4v) is 4.62. The van der Waals surface area contributed by atoms with Crippen LogP contribution >= 0.6 is 11.8 Å². The zero-order valence-electron chi connectivity index (χ0n) is 14.0. The van der Waals surface area contributed by atoms with Crippen molar-refractivity contribution in [1.82, 2.24) is 19.7 Å². The predicted octanol–water partition coefficient (Wildman–Crippen LogP) is 4.72. The molecule has 2 aromatic heterocycles. The van der Waals surface area contributed by atoms with Crippen LogP contribution in [-0.2, 0) is 6.42 Å². The highest BCUT2D eigenvalue weighted by molar-refractivity contribution is 7.99. The molecule has 0 bridgehead atoms. The van der Waals surface area contributed by atoms with Gasteiger partial charge in [0.25, 0.3) is 0 Å². The normalized spacial score (nSPS) is 15.8. The number of pyridine rings is 1. The molecule has 0 spiro atoms. The number of thioether (sulfide) groups is 1. The zero-order valence-corrected chi connectivity index (χ0v) is 14.8. The van der Waals surface area contributed by atoms with E-state index < -0.39 is 0 Å². The Morgan fingerprint density at radius 3 is 2.46 bits per heavy atom. The first-order valence-corrected chi connectivity index (χ1v) is 9.44. The monoisotopic (exact) mass is 356 g/mol. The summed E-state index contributed by atoms with van der Waals surface area (Å²) in [4.78, 5) is 5.37. The van der Waals surface area contributed by atoms with E-state index in [1.54, 1.807) is 12.4 Å². The van der Waals surface area contributed by atoms with Crippen LogP contribution in [0, 0.1) is 0 Å². The van der Waals surface area contributed by atoms with Gasteiger partial charge in [0.1, 0.15) is 5.82 Å². The second-order valence-electron chi connectivity index (χ2n) is 6.20. The minimum absolute atomic E-state index is 0.313. The Morgan fingerprint density at radius 1 is 0.846 bits per heavy atom. The summed E-state index contributed by atoms with van der Waals surface area (Å²) in [6.07, 6.45) is 4.42. The average Bonchev–Trinajstić information content (AvgIpc) is 3.05. The number of benzene rings is 2. The minimum atomic E-state index is 0.313. The minimum Gasteiger partial charge on any atom is -0.278 e. The largest absolute Gasteiger partial charge is 0.278 e. The third kappa shape index (κ3) is 2.61. The number of rotatable bonds is 2. The maximum atomic E-state index is 4.55. The van der Waals surface area contributed by atoms with Crippen LogP contribution in [0.5, 0.6) is 0 Å². The summed E-state index contributed by atoms with van der Waals surface area (Å²) in [5.41, 5.74) is 3.48. The second-order valence-corrected chi connectivity index (χ2v) is 7.44. The van der Waals surface area contributed by atoms with E-state index in [4.69, 9.17) is 0 Å². The van der Waals surface area contributed by atoms with E-state index in [9.17, 15) is 0 Å². The third-order valence-corrected chi connectivity index (χ3v) is 5.91. The smallest absolute Gasteiger partial charge is 0.168 e. The van der Waals surface area contributed by atoms with Crippen molar-refractivity contribution < 1.29 is 0 Å². The van der Waals surface area contributed by atoms with Gasteiger partial charge in [-0.25, -0.2) is 0 Å². The van der Waals surface area contributed by atoms with Gasteiger partial charge < -0.3 is 0 Å². The van der Waals surface area contributed by atoms with Crippen LogP contribution in [0.2, 0.25) is 0 Å². The number of hydrogen-bond acceptors (Lipinski definition) is 4. The summed E-state index contributed by atoms with van der Waals surface area (Å²) in [6.45, 7) is 0. The van der Waals surface area contributed by atoms with Gasteiger partial charge >= 0.3 is 0 Å². The van der Waals surface area contributed by atoms with Gasteiger partial charge in [0.15, 0.2) is 5.82 Å². The standard InChI is InChI=1S/C21H16N4S/c1-2-6-15(7-3-1)19-14-20-23-24-21(16-10-12-22-13-11-16)25(20)17-8-4-5-9-18(17)26-19/h1-13,19H,14H2. The third-order valence-electron chi connectivity index (χ3n) is 4.58. The molecule has 26 heavy (non-hydrogen) atoms. The molecule has 0 amide bonds. The lowest BCUT2D eigenvalue weighted by molar-refractivity contribution is 0.817. The number of para-hydroxylation sites is 1. The van der Waals surface area contributed by atoms with Gasteiger partial charge in [-0.3, -0.25) is 9.55 Å². The topological polar surface area (TPSA) is 43.6 Å². The first kappa shape index (κ1) is 15.3. The Hall–Kier alpha value is -2.92. The highest BCUT2D eigenvalue weighted by Crippen LogP contribution is 2.44. The number of fused-ring (bicyclic) bond motifs is 3. The molecule has 2 aromatic carbocycles. The molecule has 126 valence electrons. The molecule has 1 aliphatic heterocycles. The van der Waals surface area contributed by atoms with E-state index in [1.807, 2.05) is 23.9 Å². The molecule has 0 N–H and O–H groups in total. The summed E-state index contributed by atoms with van der Waals surface area (Å²) in [5.74, 6) is 1.85. The molecule has 5 rings (SSSR count). The average molecular weight is 356 g/mol. The van der Waals surface area contributed by atoms with E-state index in [-0.39, 0.29) is 0 Å².